The summed E-state index contributed by atoms with van der Waals surface area (Å²) in [6, 6.07) is 21.9. The summed E-state index contributed by atoms with van der Waals surface area (Å²) in [5, 5.41) is 13.3. The quantitative estimate of drug-likeness (QED) is 0.367. The number of carbonyl (C=O) groups excluding carboxylic acids is 2. The predicted octanol–water partition coefficient (Wildman–Crippen LogP) is 0.325. The molecule has 37 heavy (non-hydrogen) atoms. The summed E-state index contributed by atoms with van der Waals surface area (Å²) in [5.74, 6) is -0.908. The lowest BCUT2D eigenvalue weighted by Crippen LogP contribution is -3.27. The van der Waals surface area contributed by atoms with E-state index in [0.717, 1.165) is 42.9 Å². The molecule has 0 unspecified atom stereocenters. The van der Waals surface area contributed by atoms with Crippen LogP contribution < -0.4 is 20.2 Å². The van der Waals surface area contributed by atoms with Gasteiger partial charge in [0.1, 0.15) is 26.2 Å². The molecule has 194 valence electrons. The van der Waals surface area contributed by atoms with Gasteiger partial charge >= 0.3 is 5.91 Å². The number of aliphatic hydroxyl groups is 1. The SMILES string of the molecule is Cc1ccc(N(NC(=O)C(O)(c2ccc(C)cc2)c2ccc(C)cc2)C(=O)C[NH+]2CC[NH+](C)CC2)cc1. The van der Waals surface area contributed by atoms with Gasteiger partial charge in [-0.2, -0.15) is 0 Å². The van der Waals surface area contributed by atoms with Crippen LogP contribution in [0.4, 0.5) is 5.69 Å². The molecule has 0 aromatic heterocycles. The molecule has 7 nitrogen and oxygen atoms in total. The van der Waals surface area contributed by atoms with E-state index >= 15 is 0 Å². The number of hydrazine groups is 1. The number of anilines is 1. The summed E-state index contributed by atoms with van der Waals surface area (Å²) in [6.45, 7) is 9.92. The van der Waals surface area contributed by atoms with Gasteiger partial charge in [-0.25, -0.2) is 5.01 Å². The number of likely N-dealkylation sites (N-methyl/N-ethyl adjacent to an activating group) is 1. The highest BCUT2D eigenvalue weighted by atomic mass is 16.3. The Labute approximate surface area is 219 Å². The number of nitrogens with one attached hydrogen (secondary N) is 3. The van der Waals surface area contributed by atoms with Crippen molar-refractivity contribution in [2.24, 2.45) is 0 Å². The van der Waals surface area contributed by atoms with Crippen LogP contribution in [0.2, 0.25) is 0 Å². The second kappa shape index (κ2) is 11.3. The third-order valence-corrected chi connectivity index (χ3v) is 7.23. The molecule has 1 fully saturated rings. The maximum Gasteiger partial charge on any atom is 0.300 e. The number of benzene rings is 3. The van der Waals surface area contributed by atoms with Crippen molar-refractivity contribution in [3.8, 4) is 0 Å². The first-order valence-electron chi connectivity index (χ1n) is 12.9. The Morgan fingerprint density at radius 2 is 1.22 bits per heavy atom. The number of quaternary nitrogens is 2. The van der Waals surface area contributed by atoms with Gasteiger partial charge in [-0.1, -0.05) is 77.4 Å². The van der Waals surface area contributed by atoms with Gasteiger partial charge < -0.3 is 14.9 Å². The van der Waals surface area contributed by atoms with Crippen LogP contribution in [0, 0.1) is 20.8 Å². The fourth-order valence-corrected chi connectivity index (χ4v) is 4.67. The predicted molar refractivity (Wildman–Crippen MR) is 144 cm³/mol. The first kappa shape index (κ1) is 26.5. The van der Waals surface area contributed by atoms with Crippen LogP contribution >= 0.6 is 0 Å². The molecule has 1 saturated heterocycles. The molecule has 1 aliphatic heterocycles. The number of nitrogens with zero attached hydrogens (tertiary/aromatic N) is 1. The zero-order chi connectivity index (χ0) is 26.6. The summed E-state index contributed by atoms with van der Waals surface area (Å²) in [6.07, 6.45) is 0. The largest absolute Gasteiger partial charge is 0.372 e. The first-order valence-corrected chi connectivity index (χ1v) is 12.9. The van der Waals surface area contributed by atoms with E-state index in [0.29, 0.717) is 16.8 Å². The van der Waals surface area contributed by atoms with E-state index in [1.165, 1.54) is 14.8 Å². The van der Waals surface area contributed by atoms with E-state index in [1.807, 2.05) is 69.3 Å². The third kappa shape index (κ3) is 6.07. The van der Waals surface area contributed by atoms with Crippen molar-refractivity contribution in [3.05, 3.63) is 101 Å². The van der Waals surface area contributed by atoms with Crippen LogP contribution in [-0.2, 0) is 15.2 Å². The highest BCUT2D eigenvalue weighted by molar-refractivity contribution is 6.00. The van der Waals surface area contributed by atoms with Gasteiger partial charge in [0, 0.05) is 0 Å². The van der Waals surface area contributed by atoms with Crippen LogP contribution in [0.5, 0.6) is 0 Å². The Kier molecular flexibility index (Phi) is 8.07. The van der Waals surface area contributed by atoms with Gasteiger partial charge in [0.15, 0.2) is 12.1 Å². The minimum Gasteiger partial charge on any atom is -0.372 e. The molecule has 1 aliphatic rings. The fraction of sp³-hybridized carbons (Fsp3) is 0.333. The van der Waals surface area contributed by atoms with Crippen LogP contribution in [0.25, 0.3) is 0 Å². The van der Waals surface area contributed by atoms with Gasteiger partial charge in [-0.15, -0.1) is 0 Å². The average Bonchev–Trinajstić information content (AvgIpc) is 2.89. The van der Waals surface area contributed by atoms with Crippen molar-refractivity contribution >= 4 is 17.5 Å². The number of amides is 2. The number of carbonyl (C=O) groups is 2. The Balaban J connectivity index is 1.68. The first-order chi connectivity index (χ1) is 17.7. The lowest BCUT2D eigenvalue weighted by Gasteiger charge is -2.33. The Bertz CT molecular complexity index is 1170. The minimum absolute atomic E-state index is 0.220. The molecule has 7 heteroatoms. The molecule has 3 aromatic carbocycles. The summed E-state index contributed by atoms with van der Waals surface area (Å²) in [5.41, 5.74) is 5.31. The van der Waals surface area contributed by atoms with Crippen molar-refractivity contribution in [1.82, 2.24) is 5.43 Å². The molecule has 0 saturated carbocycles. The molecule has 3 aromatic rings. The van der Waals surface area contributed by atoms with E-state index < -0.39 is 11.5 Å². The Morgan fingerprint density at radius 1 is 0.784 bits per heavy atom. The molecule has 0 spiro atoms. The van der Waals surface area contributed by atoms with Crippen molar-refractivity contribution in [3.63, 3.8) is 0 Å². The number of piperazine rings is 1. The molecular weight excluding hydrogens is 464 g/mol. The van der Waals surface area contributed by atoms with Gasteiger partial charge in [0.25, 0.3) is 5.91 Å². The van der Waals surface area contributed by atoms with Crippen LogP contribution in [0.3, 0.4) is 0 Å². The molecule has 0 aliphatic carbocycles. The van der Waals surface area contributed by atoms with E-state index in [2.05, 4.69) is 12.5 Å². The Hall–Kier alpha value is -3.52. The smallest absolute Gasteiger partial charge is 0.300 e. The van der Waals surface area contributed by atoms with Crippen molar-refractivity contribution in [2.45, 2.75) is 26.4 Å². The normalized spacial score (nSPS) is 17.8. The van der Waals surface area contributed by atoms with Crippen molar-refractivity contribution in [2.75, 3.05) is 44.8 Å². The molecule has 2 amide bonds. The Morgan fingerprint density at radius 3 is 1.68 bits per heavy atom. The maximum absolute atomic E-state index is 14.0. The van der Waals surface area contributed by atoms with Gasteiger partial charge in [0.2, 0.25) is 0 Å². The average molecular weight is 503 g/mol. The second-order valence-electron chi connectivity index (χ2n) is 10.3. The molecular formula is C30H38N4O3+2. The van der Waals surface area contributed by atoms with Gasteiger partial charge in [-0.05, 0) is 44.0 Å². The van der Waals surface area contributed by atoms with E-state index in [4.69, 9.17) is 0 Å². The molecule has 4 N–H and O–H groups in total. The fourth-order valence-electron chi connectivity index (χ4n) is 4.67. The number of rotatable bonds is 6. The highest BCUT2D eigenvalue weighted by Gasteiger charge is 2.42. The lowest BCUT2D eigenvalue weighted by atomic mass is 9.85. The zero-order valence-electron chi connectivity index (χ0n) is 22.2. The molecule has 1 heterocycles. The van der Waals surface area contributed by atoms with Crippen molar-refractivity contribution in [1.29, 1.82) is 0 Å². The minimum atomic E-state index is -1.99. The summed E-state index contributed by atoms with van der Waals surface area (Å²) < 4.78 is 0. The molecule has 0 atom stereocenters. The summed E-state index contributed by atoms with van der Waals surface area (Å²) in [7, 11) is 2.16. The highest BCUT2D eigenvalue weighted by Crippen LogP contribution is 2.31. The van der Waals surface area contributed by atoms with E-state index in [1.54, 1.807) is 24.3 Å². The number of aryl methyl sites for hydroxylation is 3. The molecule has 4 rings (SSSR count). The van der Waals surface area contributed by atoms with Gasteiger partial charge in [-0.3, -0.25) is 15.0 Å². The third-order valence-electron chi connectivity index (χ3n) is 7.23. The zero-order valence-corrected chi connectivity index (χ0v) is 22.2. The number of hydrogen-bond donors (Lipinski definition) is 4. The van der Waals surface area contributed by atoms with E-state index in [9.17, 15) is 14.7 Å². The summed E-state index contributed by atoms with van der Waals surface area (Å²) in [4.78, 5) is 30.2. The summed E-state index contributed by atoms with van der Waals surface area (Å²) >= 11 is 0. The molecule has 0 radical (unpaired) electrons. The number of hydrogen-bond acceptors (Lipinski definition) is 3. The standard InChI is InChI=1S/C30H36N4O3/c1-22-5-11-25(12-6-22)30(37,26-13-7-23(2)8-14-26)29(36)31-34(27-15-9-24(3)10-16-27)28(35)21-33-19-17-32(4)18-20-33/h5-16,37H,17-21H2,1-4H3,(H,31,36)/p+2. The van der Waals surface area contributed by atoms with Crippen LogP contribution in [0.15, 0.2) is 72.8 Å². The molecule has 0 bridgehead atoms. The van der Waals surface area contributed by atoms with Crippen molar-refractivity contribution < 1.29 is 24.5 Å². The maximum atomic E-state index is 14.0. The van der Waals surface area contributed by atoms with Gasteiger partial charge in [0.05, 0.1) is 12.7 Å². The second-order valence-corrected chi connectivity index (χ2v) is 10.3. The van der Waals surface area contributed by atoms with Crippen LogP contribution in [0.1, 0.15) is 27.8 Å². The lowest BCUT2D eigenvalue weighted by molar-refractivity contribution is -1.000. The van der Waals surface area contributed by atoms with Crippen LogP contribution in [-0.4, -0.2) is 56.7 Å². The topological polar surface area (TPSA) is 78.5 Å². The van der Waals surface area contributed by atoms with E-state index in [-0.39, 0.29) is 12.5 Å². The monoisotopic (exact) mass is 502 g/mol.